The second kappa shape index (κ2) is 9.83. The number of hydrogen-bond acceptors (Lipinski definition) is 5. The molecule has 2 aromatic heterocycles. The van der Waals surface area contributed by atoms with Gasteiger partial charge in [0.25, 0.3) is 5.91 Å². The maximum absolute atomic E-state index is 13.3. The van der Waals surface area contributed by atoms with E-state index in [1.807, 2.05) is 73.7 Å². The first-order chi connectivity index (χ1) is 15.7. The molecule has 32 heavy (non-hydrogen) atoms. The van der Waals surface area contributed by atoms with Crippen molar-refractivity contribution in [1.29, 1.82) is 0 Å². The summed E-state index contributed by atoms with van der Waals surface area (Å²) in [4.78, 5) is 26.6. The third-order valence-corrected chi connectivity index (χ3v) is 5.25. The maximum Gasteiger partial charge on any atom is 0.255 e. The molecular weight excluding hydrogens is 400 g/mol. The highest BCUT2D eigenvalue weighted by Crippen LogP contribution is 2.26. The molecule has 0 radical (unpaired) electrons. The van der Waals surface area contributed by atoms with Crippen LogP contribution in [0.5, 0.6) is 5.75 Å². The molecule has 160 valence electrons. The SMILES string of the molecule is CC[C@H](NC(=O)c1cnc(-c2ccccc2)nc1-c1ccncc1)c1ccc(OC)cc1. The Kier molecular flexibility index (Phi) is 6.51. The van der Waals surface area contributed by atoms with E-state index in [1.165, 1.54) is 0 Å². The van der Waals surface area contributed by atoms with Crippen LogP contribution in [0.4, 0.5) is 0 Å². The zero-order chi connectivity index (χ0) is 22.3. The van der Waals surface area contributed by atoms with Crippen LogP contribution in [0.3, 0.4) is 0 Å². The lowest BCUT2D eigenvalue weighted by Gasteiger charge is -2.19. The summed E-state index contributed by atoms with van der Waals surface area (Å²) in [7, 11) is 1.63. The molecule has 0 aliphatic heterocycles. The van der Waals surface area contributed by atoms with Crippen LogP contribution in [-0.4, -0.2) is 28.0 Å². The number of methoxy groups -OCH3 is 1. The third kappa shape index (κ3) is 4.64. The molecule has 4 aromatic rings. The lowest BCUT2D eigenvalue weighted by atomic mass is 10.0. The molecule has 6 heteroatoms. The summed E-state index contributed by atoms with van der Waals surface area (Å²) in [5, 5.41) is 3.13. The van der Waals surface area contributed by atoms with E-state index in [0.29, 0.717) is 17.1 Å². The Balaban J connectivity index is 1.68. The molecule has 0 spiro atoms. The van der Waals surface area contributed by atoms with Crippen LogP contribution >= 0.6 is 0 Å². The zero-order valence-corrected chi connectivity index (χ0v) is 18.0. The minimum absolute atomic E-state index is 0.146. The lowest BCUT2D eigenvalue weighted by molar-refractivity contribution is 0.0935. The van der Waals surface area contributed by atoms with E-state index in [1.54, 1.807) is 25.7 Å². The Hall–Kier alpha value is -4.06. The van der Waals surface area contributed by atoms with Gasteiger partial charge < -0.3 is 10.1 Å². The molecule has 0 saturated carbocycles. The Morgan fingerprint density at radius 1 is 0.969 bits per heavy atom. The summed E-state index contributed by atoms with van der Waals surface area (Å²) in [5.74, 6) is 1.12. The fourth-order valence-corrected chi connectivity index (χ4v) is 3.50. The number of amides is 1. The van der Waals surface area contributed by atoms with Crippen molar-refractivity contribution in [1.82, 2.24) is 20.3 Å². The highest BCUT2D eigenvalue weighted by molar-refractivity contribution is 6.00. The van der Waals surface area contributed by atoms with Crippen LogP contribution in [-0.2, 0) is 0 Å². The average molecular weight is 425 g/mol. The summed E-state index contributed by atoms with van der Waals surface area (Å²) < 4.78 is 5.24. The van der Waals surface area contributed by atoms with Gasteiger partial charge in [0.15, 0.2) is 5.82 Å². The number of ether oxygens (including phenoxy) is 1. The van der Waals surface area contributed by atoms with Crippen molar-refractivity contribution in [2.24, 2.45) is 0 Å². The van der Waals surface area contributed by atoms with E-state index in [2.05, 4.69) is 15.3 Å². The van der Waals surface area contributed by atoms with Crippen LogP contribution < -0.4 is 10.1 Å². The molecule has 1 amide bonds. The van der Waals surface area contributed by atoms with Gasteiger partial charge >= 0.3 is 0 Å². The number of nitrogens with one attached hydrogen (secondary N) is 1. The predicted octanol–water partition coefficient (Wildman–Crippen LogP) is 5.10. The summed E-state index contributed by atoms with van der Waals surface area (Å²) in [5.41, 5.74) is 3.70. The molecule has 2 aromatic carbocycles. The number of carbonyl (C=O) groups excluding carboxylic acids is 1. The van der Waals surface area contributed by atoms with Crippen molar-refractivity contribution < 1.29 is 9.53 Å². The lowest BCUT2D eigenvalue weighted by Crippen LogP contribution is -2.29. The number of nitrogens with zero attached hydrogens (tertiary/aromatic N) is 3. The smallest absolute Gasteiger partial charge is 0.255 e. The Morgan fingerprint density at radius 3 is 2.34 bits per heavy atom. The van der Waals surface area contributed by atoms with Crippen molar-refractivity contribution >= 4 is 5.91 Å². The Morgan fingerprint density at radius 2 is 1.69 bits per heavy atom. The molecule has 1 N–H and O–H groups in total. The van der Waals surface area contributed by atoms with Gasteiger partial charge in [-0.25, -0.2) is 9.97 Å². The van der Waals surface area contributed by atoms with Crippen molar-refractivity contribution in [3.05, 3.63) is 96.4 Å². The first kappa shape index (κ1) is 21.2. The molecule has 0 aliphatic rings. The molecule has 0 saturated heterocycles. The van der Waals surface area contributed by atoms with E-state index in [9.17, 15) is 4.79 Å². The van der Waals surface area contributed by atoms with E-state index in [4.69, 9.17) is 9.72 Å². The van der Waals surface area contributed by atoms with E-state index in [-0.39, 0.29) is 11.9 Å². The normalized spacial score (nSPS) is 11.6. The van der Waals surface area contributed by atoms with Crippen molar-refractivity contribution in [3.63, 3.8) is 0 Å². The summed E-state index contributed by atoms with van der Waals surface area (Å²) in [6.07, 6.45) is 5.72. The van der Waals surface area contributed by atoms with Crippen molar-refractivity contribution in [2.75, 3.05) is 7.11 Å². The van der Waals surface area contributed by atoms with Crippen LogP contribution in [0.25, 0.3) is 22.6 Å². The number of rotatable bonds is 7. The van der Waals surface area contributed by atoms with Gasteiger partial charge in [0.1, 0.15) is 5.75 Å². The monoisotopic (exact) mass is 424 g/mol. The quantitative estimate of drug-likeness (QED) is 0.447. The van der Waals surface area contributed by atoms with Crippen LogP contribution in [0.2, 0.25) is 0 Å². The molecule has 0 unspecified atom stereocenters. The molecular formula is C26H24N4O2. The molecule has 6 nitrogen and oxygen atoms in total. The summed E-state index contributed by atoms with van der Waals surface area (Å²) >= 11 is 0. The van der Waals surface area contributed by atoms with Gasteiger partial charge in [-0.1, -0.05) is 49.4 Å². The standard InChI is InChI=1S/C26H24N4O2/c1-3-23(18-9-11-21(32-2)12-10-18)29-26(31)22-17-28-25(20-7-5-4-6-8-20)30-24(22)19-13-15-27-16-14-19/h4-17,23H,3H2,1-2H3,(H,29,31)/t23-/m0/s1. The van der Waals surface area contributed by atoms with E-state index >= 15 is 0 Å². The third-order valence-electron chi connectivity index (χ3n) is 5.25. The van der Waals surface area contributed by atoms with Crippen LogP contribution in [0.15, 0.2) is 85.3 Å². The maximum atomic E-state index is 13.3. The Bertz CT molecular complexity index is 1180. The molecule has 1 atom stereocenters. The highest BCUT2D eigenvalue weighted by atomic mass is 16.5. The van der Waals surface area contributed by atoms with Crippen molar-refractivity contribution in [2.45, 2.75) is 19.4 Å². The fraction of sp³-hybridized carbons (Fsp3) is 0.154. The van der Waals surface area contributed by atoms with Gasteiger partial charge in [-0.2, -0.15) is 0 Å². The first-order valence-corrected chi connectivity index (χ1v) is 10.5. The number of aromatic nitrogens is 3. The number of pyridine rings is 1. The summed E-state index contributed by atoms with van der Waals surface area (Å²) in [6, 6.07) is 21.0. The number of hydrogen-bond donors (Lipinski definition) is 1. The van der Waals surface area contributed by atoms with Gasteiger partial charge in [0.05, 0.1) is 24.4 Å². The number of benzene rings is 2. The molecule has 2 heterocycles. The predicted molar refractivity (Wildman–Crippen MR) is 124 cm³/mol. The van der Waals surface area contributed by atoms with Gasteiger partial charge in [0.2, 0.25) is 0 Å². The van der Waals surface area contributed by atoms with Crippen molar-refractivity contribution in [3.8, 4) is 28.4 Å². The zero-order valence-electron chi connectivity index (χ0n) is 18.0. The second-order valence-electron chi connectivity index (χ2n) is 7.27. The molecule has 4 rings (SSSR count). The summed E-state index contributed by atoms with van der Waals surface area (Å²) in [6.45, 7) is 2.04. The largest absolute Gasteiger partial charge is 0.497 e. The fourth-order valence-electron chi connectivity index (χ4n) is 3.50. The van der Waals surface area contributed by atoms with E-state index < -0.39 is 0 Å². The second-order valence-corrected chi connectivity index (χ2v) is 7.27. The average Bonchev–Trinajstić information content (AvgIpc) is 2.88. The Labute approximate surface area is 187 Å². The van der Waals surface area contributed by atoms with E-state index in [0.717, 1.165) is 28.9 Å². The number of carbonyl (C=O) groups is 1. The topological polar surface area (TPSA) is 77.0 Å². The minimum atomic E-state index is -0.223. The molecule has 0 bridgehead atoms. The molecule has 0 fully saturated rings. The minimum Gasteiger partial charge on any atom is -0.497 e. The van der Waals surface area contributed by atoms with Gasteiger partial charge in [0, 0.05) is 29.7 Å². The van der Waals surface area contributed by atoms with Gasteiger partial charge in [-0.05, 0) is 36.2 Å². The highest BCUT2D eigenvalue weighted by Gasteiger charge is 2.20. The van der Waals surface area contributed by atoms with Crippen LogP contribution in [0.1, 0.15) is 35.3 Å². The molecule has 0 aliphatic carbocycles. The van der Waals surface area contributed by atoms with Gasteiger partial charge in [-0.3, -0.25) is 9.78 Å². The van der Waals surface area contributed by atoms with Gasteiger partial charge in [-0.15, -0.1) is 0 Å². The first-order valence-electron chi connectivity index (χ1n) is 10.5. The van der Waals surface area contributed by atoms with Crippen LogP contribution in [0, 0.1) is 0 Å².